The molecule has 3 rings (SSSR count). The first-order valence-electron chi connectivity index (χ1n) is 9.66. The molecule has 5 heteroatoms. The number of aryl methyl sites for hydroxylation is 1. The van der Waals surface area contributed by atoms with Crippen molar-refractivity contribution >= 4 is 5.91 Å². The topological polar surface area (TPSA) is 71.3 Å². The number of carbonyl (C=O) groups excluding carboxylic acids is 1. The maximum absolute atomic E-state index is 12.4. The minimum Gasteiger partial charge on any atom is -0.493 e. The van der Waals surface area contributed by atoms with E-state index in [4.69, 9.17) is 15.9 Å². The Balaban J connectivity index is 1.55. The summed E-state index contributed by atoms with van der Waals surface area (Å²) < 4.78 is 10.7. The highest BCUT2D eigenvalue weighted by atomic mass is 16.5. The molecule has 5 nitrogen and oxygen atoms in total. The molecule has 1 unspecified atom stereocenters. The summed E-state index contributed by atoms with van der Waals surface area (Å²) in [6.07, 6.45) is 8.48. The molecule has 0 saturated heterocycles. The molecule has 148 valence electrons. The fourth-order valence-electron chi connectivity index (χ4n) is 3.16. The van der Waals surface area contributed by atoms with Crippen molar-refractivity contribution in [3.05, 3.63) is 59.2 Å². The molecule has 1 aliphatic rings. The molecule has 1 amide bonds. The second-order valence-corrected chi connectivity index (χ2v) is 7.05. The number of amides is 1. The first-order chi connectivity index (χ1) is 14.1. The van der Waals surface area contributed by atoms with Crippen molar-refractivity contribution in [2.24, 2.45) is 0 Å². The van der Waals surface area contributed by atoms with Gasteiger partial charge < -0.3 is 14.8 Å². The van der Waals surface area contributed by atoms with Gasteiger partial charge in [-0.25, -0.2) is 0 Å². The van der Waals surface area contributed by atoms with Crippen LogP contribution in [0.15, 0.2) is 42.5 Å². The lowest BCUT2D eigenvalue weighted by Gasteiger charge is -2.13. The van der Waals surface area contributed by atoms with Crippen molar-refractivity contribution in [3.8, 4) is 29.9 Å². The van der Waals surface area contributed by atoms with E-state index in [9.17, 15) is 10.1 Å². The van der Waals surface area contributed by atoms with Crippen LogP contribution in [0.2, 0.25) is 0 Å². The van der Waals surface area contributed by atoms with Crippen molar-refractivity contribution in [1.29, 1.82) is 5.26 Å². The second-order valence-electron chi connectivity index (χ2n) is 7.05. The van der Waals surface area contributed by atoms with Gasteiger partial charge in [-0.1, -0.05) is 36.3 Å². The van der Waals surface area contributed by atoms with Crippen LogP contribution in [0.3, 0.4) is 0 Å². The second kappa shape index (κ2) is 9.66. The van der Waals surface area contributed by atoms with Crippen LogP contribution in [0.5, 0.6) is 11.5 Å². The van der Waals surface area contributed by atoms with E-state index >= 15 is 0 Å². The third-order valence-electron chi connectivity index (χ3n) is 4.93. The summed E-state index contributed by atoms with van der Waals surface area (Å²) in [5.41, 5.74) is 3.05. The molecule has 2 aromatic rings. The van der Waals surface area contributed by atoms with Crippen LogP contribution in [0.4, 0.5) is 0 Å². The standard InChI is InChI=1S/C24H24N2O3/c1-3-14-29-22-12-4-17(15-23(22)28-2)5-13-24(27)26-21(16-25)20-10-8-19(9-11-20)18-6-7-18/h1,4,8-12,15,18,21H,5-7,13-14H2,2H3,(H,26,27). The Hall–Kier alpha value is -3.44. The van der Waals surface area contributed by atoms with Gasteiger partial charge in [0.05, 0.1) is 13.2 Å². The van der Waals surface area contributed by atoms with Gasteiger partial charge in [-0.2, -0.15) is 5.26 Å². The summed E-state index contributed by atoms with van der Waals surface area (Å²) in [6, 6.07) is 15.0. The number of rotatable bonds is 9. The van der Waals surface area contributed by atoms with Gasteiger partial charge in [0.1, 0.15) is 12.6 Å². The fourth-order valence-corrected chi connectivity index (χ4v) is 3.16. The highest BCUT2D eigenvalue weighted by Gasteiger charge is 2.23. The lowest BCUT2D eigenvalue weighted by atomic mass is 10.0. The Morgan fingerprint density at radius 3 is 2.62 bits per heavy atom. The number of nitriles is 1. The number of terminal acetylenes is 1. The zero-order valence-corrected chi connectivity index (χ0v) is 16.5. The Bertz CT molecular complexity index is 934. The van der Waals surface area contributed by atoms with Crippen LogP contribution in [0.25, 0.3) is 0 Å². The highest BCUT2D eigenvalue weighted by molar-refractivity contribution is 5.77. The number of methoxy groups -OCH3 is 1. The Labute approximate surface area is 171 Å². The number of nitrogens with zero attached hydrogens (tertiary/aromatic N) is 1. The summed E-state index contributed by atoms with van der Waals surface area (Å²) in [6.45, 7) is 0.162. The molecular formula is C24H24N2O3. The zero-order chi connectivity index (χ0) is 20.6. The van der Waals surface area contributed by atoms with Gasteiger partial charge in [0, 0.05) is 6.42 Å². The maximum Gasteiger partial charge on any atom is 0.221 e. The molecule has 1 fully saturated rings. The predicted molar refractivity (Wildman–Crippen MR) is 111 cm³/mol. The number of benzene rings is 2. The van der Waals surface area contributed by atoms with Crippen LogP contribution in [-0.2, 0) is 11.2 Å². The van der Waals surface area contributed by atoms with Crippen molar-refractivity contribution in [3.63, 3.8) is 0 Å². The first-order valence-corrected chi connectivity index (χ1v) is 9.66. The van der Waals surface area contributed by atoms with Gasteiger partial charge in [0.2, 0.25) is 5.91 Å². The molecule has 0 bridgehead atoms. The third kappa shape index (κ3) is 5.53. The van der Waals surface area contributed by atoms with E-state index in [1.807, 2.05) is 24.3 Å². The third-order valence-corrected chi connectivity index (χ3v) is 4.93. The largest absolute Gasteiger partial charge is 0.493 e. The molecule has 0 aromatic heterocycles. The van der Waals surface area contributed by atoms with Crippen LogP contribution in [0, 0.1) is 23.7 Å². The lowest BCUT2D eigenvalue weighted by molar-refractivity contribution is -0.121. The molecule has 1 aliphatic carbocycles. The van der Waals surface area contributed by atoms with E-state index in [1.165, 1.54) is 18.4 Å². The number of carbonyl (C=O) groups is 1. The summed E-state index contributed by atoms with van der Waals surface area (Å²) in [4.78, 5) is 12.4. The number of hydrogen-bond acceptors (Lipinski definition) is 4. The van der Waals surface area contributed by atoms with Gasteiger partial charge in [0.15, 0.2) is 11.5 Å². The van der Waals surface area contributed by atoms with Crippen LogP contribution >= 0.6 is 0 Å². The SMILES string of the molecule is C#CCOc1ccc(CCC(=O)NC(C#N)c2ccc(C3CC3)cc2)cc1OC. The summed E-state index contributed by atoms with van der Waals surface area (Å²) in [5, 5.41) is 12.3. The van der Waals surface area contributed by atoms with E-state index in [1.54, 1.807) is 13.2 Å². The van der Waals surface area contributed by atoms with Gasteiger partial charge in [0.25, 0.3) is 0 Å². The average molecular weight is 388 g/mol. The molecule has 0 spiro atoms. The van der Waals surface area contributed by atoms with Crippen molar-refractivity contribution in [2.45, 2.75) is 37.6 Å². The molecule has 1 saturated carbocycles. The number of nitrogens with one attached hydrogen (secondary N) is 1. The molecule has 1 N–H and O–H groups in total. The lowest BCUT2D eigenvalue weighted by Crippen LogP contribution is -2.27. The van der Waals surface area contributed by atoms with Gasteiger partial charge >= 0.3 is 0 Å². The minimum atomic E-state index is -0.648. The Morgan fingerprint density at radius 2 is 2.00 bits per heavy atom. The van der Waals surface area contributed by atoms with Crippen molar-refractivity contribution in [1.82, 2.24) is 5.32 Å². The minimum absolute atomic E-state index is 0.162. The van der Waals surface area contributed by atoms with E-state index < -0.39 is 6.04 Å². The quantitative estimate of drug-likeness (QED) is 0.662. The predicted octanol–water partition coefficient (Wildman–Crippen LogP) is 3.90. The van der Waals surface area contributed by atoms with E-state index in [0.29, 0.717) is 23.8 Å². The Kier molecular flexibility index (Phi) is 6.76. The van der Waals surface area contributed by atoms with Crippen molar-refractivity contribution in [2.75, 3.05) is 13.7 Å². The normalized spacial score (nSPS) is 13.6. The molecule has 0 aliphatic heterocycles. The maximum atomic E-state index is 12.4. The highest BCUT2D eigenvalue weighted by Crippen LogP contribution is 2.40. The monoisotopic (exact) mass is 388 g/mol. The summed E-state index contributed by atoms with van der Waals surface area (Å²) in [5.74, 6) is 4.05. The number of hydrogen-bond donors (Lipinski definition) is 1. The van der Waals surface area contributed by atoms with Crippen LogP contribution in [0.1, 0.15) is 47.9 Å². The molecule has 0 radical (unpaired) electrons. The van der Waals surface area contributed by atoms with Gasteiger partial charge in [-0.15, -0.1) is 6.42 Å². The van der Waals surface area contributed by atoms with Gasteiger partial charge in [-0.05, 0) is 54.0 Å². The van der Waals surface area contributed by atoms with E-state index in [0.717, 1.165) is 11.1 Å². The fraction of sp³-hybridized carbons (Fsp3) is 0.333. The first kappa shape index (κ1) is 20.3. The van der Waals surface area contributed by atoms with Crippen LogP contribution < -0.4 is 14.8 Å². The van der Waals surface area contributed by atoms with Crippen LogP contribution in [-0.4, -0.2) is 19.6 Å². The average Bonchev–Trinajstić information content (AvgIpc) is 3.60. The summed E-state index contributed by atoms with van der Waals surface area (Å²) in [7, 11) is 1.56. The van der Waals surface area contributed by atoms with Crippen molar-refractivity contribution < 1.29 is 14.3 Å². The zero-order valence-electron chi connectivity index (χ0n) is 16.5. The van der Waals surface area contributed by atoms with Gasteiger partial charge in [-0.3, -0.25) is 4.79 Å². The van der Waals surface area contributed by atoms with E-state index in [2.05, 4.69) is 29.4 Å². The molecule has 2 aromatic carbocycles. The molecule has 29 heavy (non-hydrogen) atoms. The van der Waals surface area contributed by atoms with E-state index in [-0.39, 0.29) is 18.9 Å². The smallest absolute Gasteiger partial charge is 0.221 e. The molecule has 1 atom stereocenters. The number of ether oxygens (including phenoxy) is 2. The molecule has 0 heterocycles. The Morgan fingerprint density at radius 1 is 1.24 bits per heavy atom. The molecular weight excluding hydrogens is 364 g/mol. The summed E-state index contributed by atoms with van der Waals surface area (Å²) >= 11 is 0.